The minimum absolute atomic E-state index is 0.103. The standard InChI is InChI=1S/C14H15N5O/c1-4-13(20)11-7-15-19-8-10(5-6-12(11)19)14-9(2)16-17-18(14)3/h5-8H,4H2,1-3H3. The van der Waals surface area contributed by atoms with E-state index >= 15 is 0 Å². The SMILES string of the molecule is CCC(=O)c1cnn2cc(-c3c(C)nnn3C)ccc12. The molecule has 0 spiro atoms. The number of ketones is 1. The molecule has 0 saturated heterocycles. The van der Waals surface area contributed by atoms with Gasteiger partial charge in [0.25, 0.3) is 0 Å². The zero-order chi connectivity index (χ0) is 14.3. The van der Waals surface area contributed by atoms with Crippen molar-refractivity contribution < 1.29 is 4.79 Å². The second-order valence-electron chi connectivity index (χ2n) is 4.73. The van der Waals surface area contributed by atoms with Crippen molar-refractivity contribution in [3.8, 4) is 11.3 Å². The van der Waals surface area contributed by atoms with Gasteiger partial charge in [0, 0.05) is 25.2 Å². The molecule has 0 radical (unpaired) electrons. The summed E-state index contributed by atoms with van der Waals surface area (Å²) in [7, 11) is 1.86. The third-order valence-electron chi connectivity index (χ3n) is 3.41. The van der Waals surface area contributed by atoms with Crippen molar-refractivity contribution >= 4 is 11.3 Å². The van der Waals surface area contributed by atoms with E-state index in [4.69, 9.17) is 0 Å². The molecule has 0 aliphatic rings. The summed E-state index contributed by atoms with van der Waals surface area (Å²) in [6, 6.07) is 3.88. The van der Waals surface area contributed by atoms with E-state index in [1.807, 2.05) is 39.2 Å². The number of Topliss-reactive ketones (excluding diaryl/α,β-unsaturated/α-hetero) is 1. The van der Waals surface area contributed by atoms with Gasteiger partial charge in [-0.25, -0.2) is 9.20 Å². The minimum atomic E-state index is 0.103. The summed E-state index contributed by atoms with van der Waals surface area (Å²) in [5.74, 6) is 0.103. The van der Waals surface area contributed by atoms with Crippen LogP contribution in [0.5, 0.6) is 0 Å². The van der Waals surface area contributed by atoms with Crippen LogP contribution < -0.4 is 0 Å². The summed E-state index contributed by atoms with van der Waals surface area (Å²) in [4.78, 5) is 11.8. The monoisotopic (exact) mass is 269 g/mol. The highest BCUT2D eigenvalue weighted by atomic mass is 16.1. The molecule has 20 heavy (non-hydrogen) atoms. The first-order valence-electron chi connectivity index (χ1n) is 6.49. The molecule has 102 valence electrons. The number of carbonyl (C=O) groups is 1. The van der Waals surface area contributed by atoms with Gasteiger partial charge >= 0.3 is 0 Å². The normalized spacial score (nSPS) is 11.2. The molecule has 0 amide bonds. The van der Waals surface area contributed by atoms with E-state index < -0.39 is 0 Å². The fourth-order valence-electron chi connectivity index (χ4n) is 2.39. The van der Waals surface area contributed by atoms with Crippen molar-refractivity contribution in [2.75, 3.05) is 0 Å². The smallest absolute Gasteiger partial charge is 0.166 e. The largest absolute Gasteiger partial charge is 0.294 e. The van der Waals surface area contributed by atoms with E-state index in [9.17, 15) is 4.79 Å². The predicted octanol–water partition coefficient (Wildman–Crippen LogP) is 2.03. The van der Waals surface area contributed by atoms with Crippen LogP contribution >= 0.6 is 0 Å². The Morgan fingerprint density at radius 3 is 2.80 bits per heavy atom. The van der Waals surface area contributed by atoms with Gasteiger partial charge in [0.2, 0.25) is 0 Å². The summed E-state index contributed by atoms with van der Waals surface area (Å²) in [6.07, 6.45) is 4.00. The fraction of sp³-hybridized carbons (Fsp3) is 0.286. The molecule has 3 aromatic rings. The Kier molecular flexibility index (Phi) is 2.85. The summed E-state index contributed by atoms with van der Waals surface area (Å²) < 4.78 is 3.46. The van der Waals surface area contributed by atoms with Crippen molar-refractivity contribution in [3.05, 3.63) is 35.8 Å². The lowest BCUT2D eigenvalue weighted by molar-refractivity contribution is 0.0989. The molecule has 3 rings (SSSR count). The van der Waals surface area contributed by atoms with Crippen LogP contribution in [0, 0.1) is 6.92 Å². The molecule has 0 N–H and O–H groups in total. The van der Waals surface area contributed by atoms with Crippen LogP contribution in [0.4, 0.5) is 0 Å². The number of hydrogen-bond acceptors (Lipinski definition) is 4. The Bertz CT molecular complexity index is 780. The topological polar surface area (TPSA) is 65.1 Å². The molecule has 0 aliphatic carbocycles. The predicted molar refractivity (Wildman–Crippen MR) is 74.5 cm³/mol. The molecule has 3 aromatic heterocycles. The molecule has 3 heterocycles. The molecule has 0 bridgehead atoms. The van der Waals surface area contributed by atoms with Gasteiger partial charge in [-0.1, -0.05) is 12.1 Å². The minimum Gasteiger partial charge on any atom is -0.294 e. The quantitative estimate of drug-likeness (QED) is 0.682. The molecule has 0 aliphatic heterocycles. The Balaban J connectivity index is 2.16. The average molecular weight is 269 g/mol. The van der Waals surface area contributed by atoms with Crippen LogP contribution in [-0.2, 0) is 7.05 Å². The molecule has 0 saturated carbocycles. The van der Waals surface area contributed by atoms with Crippen LogP contribution in [0.2, 0.25) is 0 Å². The number of rotatable bonds is 3. The van der Waals surface area contributed by atoms with Gasteiger partial charge in [0.05, 0.1) is 28.7 Å². The van der Waals surface area contributed by atoms with Gasteiger partial charge in [-0.3, -0.25) is 4.79 Å². The lowest BCUT2D eigenvalue weighted by Crippen LogP contribution is -1.98. The van der Waals surface area contributed by atoms with E-state index in [0.29, 0.717) is 12.0 Å². The number of hydrogen-bond donors (Lipinski definition) is 0. The van der Waals surface area contributed by atoms with Crippen molar-refractivity contribution in [1.82, 2.24) is 24.6 Å². The van der Waals surface area contributed by atoms with Crippen LogP contribution in [0.25, 0.3) is 16.8 Å². The third-order valence-corrected chi connectivity index (χ3v) is 3.41. The number of aryl methyl sites for hydroxylation is 2. The first-order valence-corrected chi connectivity index (χ1v) is 6.49. The first-order chi connectivity index (χ1) is 9.61. The number of nitrogens with zero attached hydrogens (tertiary/aromatic N) is 5. The Morgan fingerprint density at radius 2 is 2.15 bits per heavy atom. The Morgan fingerprint density at radius 1 is 1.35 bits per heavy atom. The number of carbonyl (C=O) groups excluding carboxylic acids is 1. The summed E-state index contributed by atoms with van der Waals surface area (Å²) >= 11 is 0. The van der Waals surface area contributed by atoms with Crippen molar-refractivity contribution in [2.24, 2.45) is 7.05 Å². The maximum atomic E-state index is 11.8. The van der Waals surface area contributed by atoms with E-state index in [2.05, 4.69) is 15.4 Å². The first kappa shape index (κ1) is 12.5. The van der Waals surface area contributed by atoms with Crippen molar-refractivity contribution in [3.63, 3.8) is 0 Å². The molecule has 6 nitrogen and oxygen atoms in total. The highest BCUT2D eigenvalue weighted by Gasteiger charge is 2.14. The highest BCUT2D eigenvalue weighted by Crippen LogP contribution is 2.23. The van der Waals surface area contributed by atoms with Gasteiger partial charge < -0.3 is 0 Å². The summed E-state index contributed by atoms with van der Waals surface area (Å²) in [6.45, 7) is 3.77. The van der Waals surface area contributed by atoms with Crippen molar-refractivity contribution in [1.29, 1.82) is 0 Å². The van der Waals surface area contributed by atoms with Gasteiger partial charge in [-0.2, -0.15) is 5.10 Å². The van der Waals surface area contributed by atoms with Gasteiger partial charge in [-0.05, 0) is 19.1 Å². The highest BCUT2D eigenvalue weighted by molar-refractivity contribution is 6.02. The number of fused-ring (bicyclic) bond motifs is 1. The average Bonchev–Trinajstić information content (AvgIpc) is 3.01. The van der Waals surface area contributed by atoms with Gasteiger partial charge in [0.1, 0.15) is 0 Å². The molecule has 6 heteroatoms. The van der Waals surface area contributed by atoms with Crippen LogP contribution in [0.15, 0.2) is 24.5 Å². The van der Waals surface area contributed by atoms with Crippen LogP contribution in [0.1, 0.15) is 29.4 Å². The molecular formula is C14H15N5O. The van der Waals surface area contributed by atoms with E-state index in [1.54, 1.807) is 15.4 Å². The van der Waals surface area contributed by atoms with E-state index in [0.717, 1.165) is 22.5 Å². The second kappa shape index (κ2) is 4.56. The summed E-state index contributed by atoms with van der Waals surface area (Å²) in [5.41, 5.74) is 4.28. The lowest BCUT2D eigenvalue weighted by Gasteiger charge is -2.04. The van der Waals surface area contributed by atoms with Crippen LogP contribution in [-0.4, -0.2) is 30.4 Å². The molecule has 0 aromatic carbocycles. The third kappa shape index (κ3) is 1.80. The Labute approximate surface area is 116 Å². The number of pyridine rings is 1. The summed E-state index contributed by atoms with van der Waals surface area (Å²) in [5, 5.41) is 12.3. The zero-order valence-electron chi connectivity index (χ0n) is 11.7. The molecular weight excluding hydrogens is 254 g/mol. The molecule has 0 unspecified atom stereocenters. The molecule has 0 fully saturated rings. The van der Waals surface area contributed by atoms with E-state index in [-0.39, 0.29) is 5.78 Å². The molecule has 0 atom stereocenters. The maximum absolute atomic E-state index is 11.8. The van der Waals surface area contributed by atoms with E-state index in [1.165, 1.54) is 0 Å². The van der Waals surface area contributed by atoms with Gasteiger partial charge in [0.15, 0.2) is 5.78 Å². The second-order valence-corrected chi connectivity index (χ2v) is 4.73. The zero-order valence-corrected chi connectivity index (χ0v) is 11.7. The lowest BCUT2D eigenvalue weighted by atomic mass is 10.1. The van der Waals surface area contributed by atoms with Gasteiger partial charge in [-0.15, -0.1) is 5.10 Å². The van der Waals surface area contributed by atoms with Crippen molar-refractivity contribution in [2.45, 2.75) is 20.3 Å². The maximum Gasteiger partial charge on any atom is 0.166 e. The Hall–Kier alpha value is -2.50. The van der Waals surface area contributed by atoms with Crippen LogP contribution in [0.3, 0.4) is 0 Å². The fourth-order valence-corrected chi connectivity index (χ4v) is 2.39. The number of aromatic nitrogens is 5.